The van der Waals surface area contributed by atoms with Gasteiger partial charge in [0, 0.05) is 29.2 Å². The molecule has 4 aromatic rings. The molecule has 1 heterocycles. The average Bonchev–Trinajstić information content (AvgIpc) is 3.41. The number of hydrogen-bond donors (Lipinski definition) is 0. The second kappa shape index (κ2) is 10.2. The van der Waals surface area contributed by atoms with E-state index in [1.54, 1.807) is 43.5 Å². The smallest absolute Gasteiger partial charge is 0.185 e. The number of carbonyl (C=O) groups excluding carboxylic acids is 1. The monoisotopic (exact) mass is 434 g/mol. The summed E-state index contributed by atoms with van der Waals surface area (Å²) < 4.78 is 13.3. The number of ketones is 1. The molecule has 0 aliphatic rings. The molecule has 162 valence electrons. The van der Waals surface area contributed by atoms with E-state index in [1.807, 2.05) is 71.6 Å². The van der Waals surface area contributed by atoms with Gasteiger partial charge in [-0.1, -0.05) is 12.1 Å². The zero-order valence-corrected chi connectivity index (χ0v) is 18.1. The predicted molar refractivity (Wildman–Crippen MR) is 128 cm³/mol. The van der Waals surface area contributed by atoms with Gasteiger partial charge in [-0.15, -0.1) is 0 Å². The number of methoxy groups -OCH3 is 1. The summed E-state index contributed by atoms with van der Waals surface area (Å²) in [5, 5.41) is 8.91. The summed E-state index contributed by atoms with van der Waals surface area (Å²) >= 11 is 0. The van der Waals surface area contributed by atoms with Crippen molar-refractivity contribution in [2.24, 2.45) is 0 Å². The zero-order valence-electron chi connectivity index (χ0n) is 18.1. The Morgan fingerprint density at radius 1 is 1.00 bits per heavy atom. The Balaban J connectivity index is 1.44. The van der Waals surface area contributed by atoms with Crippen molar-refractivity contribution in [3.05, 3.63) is 120 Å². The van der Waals surface area contributed by atoms with Crippen LogP contribution in [-0.2, 0) is 6.61 Å². The van der Waals surface area contributed by atoms with Crippen LogP contribution in [0.5, 0.6) is 11.5 Å². The van der Waals surface area contributed by atoms with Gasteiger partial charge in [0.1, 0.15) is 18.1 Å². The highest BCUT2D eigenvalue weighted by atomic mass is 16.5. The van der Waals surface area contributed by atoms with Crippen LogP contribution in [0.15, 0.2) is 97.3 Å². The molecule has 0 saturated carbocycles. The van der Waals surface area contributed by atoms with Gasteiger partial charge < -0.3 is 14.0 Å². The molecule has 0 N–H and O–H groups in total. The lowest BCUT2D eigenvalue weighted by atomic mass is 10.1. The molecule has 0 unspecified atom stereocenters. The molecule has 0 aliphatic heterocycles. The molecular formula is C28H22N2O3. The van der Waals surface area contributed by atoms with Crippen molar-refractivity contribution in [2.45, 2.75) is 6.61 Å². The number of benzene rings is 3. The maximum Gasteiger partial charge on any atom is 0.185 e. The number of carbonyl (C=O) groups is 1. The summed E-state index contributed by atoms with van der Waals surface area (Å²) in [5.74, 6) is 1.29. The van der Waals surface area contributed by atoms with Crippen molar-refractivity contribution >= 4 is 11.9 Å². The fourth-order valence-electron chi connectivity index (χ4n) is 3.37. The Morgan fingerprint density at radius 2 is 1.73 bits per heavy atom. The number of nitrogens with zero attached hydrogens (tertiary/aromatic N) is 2. The predicted octanol–water partition coefficient (Wildman–Crippen LogP) is 5.83. The summed E-state index contributed by atoms with van der Waals surface area (Å²) in [6.45, 7) is 0.297. The van der Waals surface area contributed by atoms with Crippen LogP contribution < -0.4 is 9.47 Å². The topological polar surface area (TPSA) is 64.2 Å². The number of aromatic nitrogens is 1. The van der Waals surface area contributed by atoms with Gasteiger partial charge in [0.25, 0.3) is 0 Å². The fraction of sp³-hybridized carbons (Fsp3) is 0.0714. The zero-order chi connectivity index (χ0) is 23.0. The standard InChI is InChI=1S/C28H22N2O3/c1-32-28-15-7-21(18-24(28)20-33-26-12-4-22(19-29)5-13-26)6-14-27(31)23-8-10-25(11-9-23)30-16-2-3-17-30/h2-18H,20H2,1H3/b14-6+. The van der Waals surface area contributed by atoms with Gasteiger partial charge in [0.05, 0.1) is 18.7 Å². The highest BCUT2D eigenvalue weighted by Crippen LogP contribution is 2.23. The summed E-state index contributed by atoms with van der Waals surface area (Å²) in [4.78, 5) is 12.6. The Labute approximate surface area is 192 Å². The van der Waals surface area contributed by atoms with Crippen LogP contribution in [0.25, 0.3) is 11.8 Å². The molecule has 33 heavy (non-hydrogen) atoms. The van der Waals surface area contributed by atoms with Crippen LogP contribution in [0.4, 0.5) is 0 Å². The van der Waals surface area contributed by atoms with Gasteiger partial charge in [0.2, 0.25) is 0 Å². The second-order valence-corrected chi connectivity index (χ2v) is 7.33. The van der Waals surface area contributed by atoms with Crippen molar-refractivity contribution in [3.8, 4) is 23.3 Å². The van der Waals surface area contributed by atoms with E-state index < -0.39 is 0 Å². The minimum atomic E-state index is -0.0692. The van der Waals surface area contributed by atoms with E-state index in [1.165, 1.54) is 0 Å². The highest BCUT2D eigenvalue weighted by molar-refractivity contribution is 6.06. The third-order valence-electron chi connectivity index (χ3n) is 5.16. The summed E-state index contributed by atoms with van der Waals surface area (Å²) in [6.07, 6.45) is 7.27. The van der Waals surface area contributed by atoms with Gasteiger partial charge in [-0.2, -0.15) is 5.26 Å². The van der Waals surface area contributed by atoms with Crippen LogP contribution in [-0.4, -0.2) is 17.5 Å². The molecule has 0 bridgehead atoms. The Hall–Kier alpha value is -4.56. The molecule has 5 nitrogen and oxygen atoms in total. The van der Waals surface area contributed by atoms with Gasteiger partial charge in [0.15, 0.2) is 5.78 Å². The van der Waals surface area contributed by atoms with Crippen LogP contribution in [0.1, 0.15) is 27.0 Å². The van der Waals surface area contributed by atoms with Crippen molar-refractivity contribution in [2.75, 3.05) is 7.11 Å². The summed E-state index contributed by atoms with van der Waals surface area (Å²) in [5.41, 5.74) is 3.93. The quantitative estimate of drug-likeness (QED) is 0.258. The van der Waals surface area contributed by atoms with Crippen LogP contribution >= 0.6 is 0 Å². The molecule has 4 rings (SSSR count). The first-order valence-corrected chi connectivity index (χ1v) is 10.4. The number of rotatable bonds is 8. The molecule has 0 aliphatic carbocycles. The molecule has 0 amide bonds. The van der Waals surface area contributed by atoms with Gasteiger partial charge in [-0.3, -0.25) is 4.79 Å². The van der Waals surface area contributed by atoms with E-state index >= 15 is 0 Å². The second-order valence-electron chi connectivity index (χ2n) is 7.33. The molecule has 3 aromatic carbocycles. The summed E-state index contributed by atoms with van der Waals surface area (Å²) in [6, 6.07) is 26.1. The minimum Gasteiger partial charge on any atom is -0.496 e. The lowest BCUT2D eigenvalue weighted by Crippen LogP contribution is -1.99. The lowest BCUT2D eigenvalue weighted by molar-refractivity contribution is 0.104. The summed E-state index contributed by atoms with van der Waals surface area (Å²) in [7, 11) is 1.61. The molecule has 0 spiro atoms. The Kier molecular flexibility index (Phi) is 6.67. The number of nitriles is 1. The SMILES string of the molecule is COc1ccc(/C=C/C(=O)c2ccc(-n3cccc3)cc2)cc1COc1ccc(C#N)cc1. The number of hydrogen-bond acceptors (Lipinski definition) is 4. The van der Waals surface area contributed by atoms with Crippen molar-refractivity contribution in [1.29, 1.82) is 5.26 Å². The van der Waals surface area contributed by atoms with E-state index in [-0.39, 0.29) is 5.78 Å². The fourth-order valence-corrected chi connectivity index (χ4v) is 3.37. The minimum absolute atomic E-state index is 0.0692. The Bertz CT molecular complexity index is 1300. The first kappa shape index (κ1) is 21.7. The molecule has 5 heteroatoms. The van der Waals surface area contributed by atoms with Gasteiger partial charge in [-0.25, -0.2) is 0 Å². The lowest BCUT2D eigenvalue weighted by Gasteiger charge is -2.11. The van der Waals surface area contributed by atoms with Crippen molar-refractivity contribution in [3.63, 3.8) is 0 Å². The maximum absolute atomic E-state index is 12.6. The normalized spacial score (nSPS) is 10.7. The van der Waals surface area contributed by atoms with E-state index in [0.29, 0.717) is 29.2 Å². The molecule has 0 radical (unpaired) electrons. The number of ether oxygens (including phenoxy) is 2. The first-order chi connectivity index (χ1) is 16.2. The largest absolute Gasteiger partial charge is 0.496 e. The molecule has 0 atom stereocenters. The first-order valence-electron chi connectivity index (χ1n) is 10.4. The third-order valence-corrected chi connectivity index (χ3v) is 5.16. The van der Waals surface area contributed by atoms with Crippen LogP contribution in [0.3, 0.4) is 0 Å². The highest BCUT2D eigenvalue weighted by Gasteiger charge is 2.07. The van der Waals surface area contributed by atoms with Gasteiger partial charge in [-0.05, 0) is 84.4 Å². The van der Waals surface area contributed by atoms with E-state index in [0.717, 1.165) is 16.8 Å². The molecule has 0 saturated heterocycles. The Morgan fingerprint density at radius 3 is 2.39 bits per heavy atom. The third kappa shape index (κ3) is 5.38. The average molecular weight is 434 g/mol. The van der Waals surface area contributed by atoms with E-state index in [4.69, 9.17) is 14.7 Å². The molecule has 0 fully saturated rings. The van der Waals surface area contributed by atoms with Crippen LogP contribution in [0, 0.1) is 11.3 Å². The van der Waals surface area contributed by atoms with Crippen LogP contribution in [0.2, 0.25) is 0 Å². The van der Waals surface area contributed by atoms with Crippen molar-refractivity contribution < 1.29 is 14.3 Å². The van der Waals surface area contributed by atoms with Gasteiger partial charge >= 0.3 is 0 Å². The molecular weight excluding hydrogens is 412 g/mol. The maximum atomic E-state index is 12.6. The number of allylic oxidation sites excluding steroid dienone is 1. The molecule has 1 aromatic heterocycles. The van der Waals surface area contributed by atoms with E-state index in [2.05, 4.69) is 6.07 Å². The van der Waals surface area contributed by atoms with E-state index in [9.17, 15) is 4.79 Å². The van der Waals surface area contributed by atoms with Crippen molar-refractivity contribution in [1.82, 2.24) is 4.57 Å².